The maximum Gasteiger partial charge on any atom is 0.329 e. The lowest BCUT2D eigenvalue weighted by molar-refractivity contribution is -0.147. The molecule has 1 aliphatic rings. The minimum Gasteiger partial charge on any atom is -0.467 e. The minimum absolute atomic E-state index is 0.0689. The Bertz CT molecular complexity index is 651. The van der Waals surface area contributed by atoms with Gasteiger partial charge in [-0.3, -0.25) is 14.5 Å². The van der Waals surface area contributed by atoms with Gasteiger partial charge in [-0.25, -0.2) is 4.79 Å². The molecule has 21 heavy (non-hydrogen) atoms. The van der Waals surface area contributed by atoms with E-state index in [4.69, 9.17) is 5.53 Å². The molecule has 1 heterocycles. The number of esters is 1. The van der Waals surface area contributed by atoms with Gasteiger partial charge in [0.25, 0.3) is 5.91 Å². The molecule has 1 aliphatic heterocycles. The summed E-state index contributed by atoms with van der Waals surface area (Å²) in [7, 11) is 1.20. The number of azide groups is 1. The summed E-state index contributed by atoms with van der Waals surface area (Å²) in [6, 6.07) is 5.14. The summed E-state index contributed by atoms with van der Waals surface area (Å²) in [5.41, 5.74) is 8.69. The van der Waals surface area contributed by atoms with Gasteiger partial charge in [0.1, 0.15) is 6.04 Å². The highest BCUT2D eigenvalue weighted by atomic mass is 16.5. The Morgan fingerprint density at radius 1 is 1.43 bits per heavy atom. The Hall–Kier alpha value is -2.86. The van der Waals surface area contributed by atoms with E-state index in [1.807, 2.05) is 0 Å². The summed E-state index contributed by atoms with van der Waals surface area (Å²) in [4.78, 5) is 39.6. The normalized spacial score (nSPS) is 17.3. The summed E-state index contributed by atoms with van der Waals surface area (Å²) >= 11 is 0. The summed E-state index contributed by atoms with van der Waals surface area (Å²) < 4.78 is 4.61. The van der Waals surface area contributed by atoms with E-state index in [1.165, 1.54) is 19.2 Å². The van der Waals surface area contributed by atoms with Gasteiger partial charge in [0.15, 0.2) is 0 Å². The smallest absolute Gasteiger partial charge is 0.329 e. The summed E-state index contributed by atoms with van der Waals surface area (Å²) in [5.74, 6) is -1.77. The van der Waals surface area contributed by atoms with Crippen molar-refractivity contribution in [1.82, 2.24) is 4.90 Å². The summed E-state index contributed by atoms with van der Waals surface area (Å²) in [5, 5.41) is 3.42. The average molecular weight is 288 g/mol. The van der Waals surface area contributed by atoms with Crippen LogP contribution in [0.15, 0.2) is 29.4 Å². The minimum atomic E-state index is -0.936. The molecule has 2 amide bonds. The molecule has 0 N–H and O–H groups in total. The zero-order valence-electron chi connectivity index (χ0n) is 11.2. The molecule has 1 atom stereocenters. The van der Waals surface area contributed by atoms with E-state index in [0.717, 1.165) is 4.90 Å². The third-order valence-corrected chi connectivity index (χ3v) is 3.19. The standard InChI is InChI=1S/C13H12N4O4/c1-21-13(20)10-6-7-11(18)17(10)12(19)8-4-2-3-5-9(8)15-16-14/h2-5,10H,6-7H2,1H3/t10-/m0/s1. The summed E-state index contributed by atoms with van der Waals surface area (Å²) in [6.07, 6.45) is 0.316. The Kier molecular flexibility index (Phi) is 4.20. The van der Waals surface area contributed by atoms with Gasteiger partial charge in [0.05, 0.1) is 12.8 Å². The first-order valence-corrected chi connectivity index (χ1v) is 6.18. The number of carbonyl (C=O) groups excluding carboxylic acids is 3. The maximum absolute atomic E-state index is 12.5. The van der Waals surface area contributed by atoms with Crippen molar-refractivity contribution in [2.75, 3.05) is 7.11 Å². The molecule has 1 aromatic carbocycles. The van der Waals surface area contributed by atoms with E-state index >= 15 is 0 Å². The van der Waals surface area contributed by atoms with Gasteiger partial charge >= 0.3 is 5.97 Å². The van der Waals surface area contributed by atoms with Gasteiger partial charge in [0, 0.05) is 16.9 Å². The lowest BCUT2D eigenvalue weighted by Gasteiger charge is -2.21. The quantitative estimate of drug-likeness (QED) is 0.278. The summed E-state index contributed by atoms with van der Waals surface area (Å²) in [6.45, 7) is 0. The van der Waals surface area contributed by atoms with Crippen molar-refractivity contribution in [1.29, 1.82) is 0 Å². The highest BCUT2D eigenvalue weighted by Crippen LogP contribution is 2.26. The number of benzene rings is 1. The van der Waals surface area contributed by atoms with Gasteiger partial charge in [-0.2, -0.15) is 0 Å². The number of amides is 2. The zero-order chi connectivity index (χ0) is 15.4. The van der Waals surface area contributed by atoms with E-state index < -0.39 is 23.8 Å². The molecule has 0 aromatic heterocycles. The van der Waals surface area contributed by atoms with Crippen molar-refractivity contribution in [3.05, 3.63) is 40.3 Å². The van der Waals surface area contributed by atoms with Gasteiger partial charge in [-0.1, -0.05) is 23.3 Å². The molecule has 1 fully saturated rings. The molecule has 0 saturated carbocycles. The van der Waals surface area contributed by atoms with E-state index in [2.05, 4.69) is 14.8 Å². The predicted octanol–water partition coefficient (Wildman–Crippen LogP) is 1.93. The van der Waals surface area contributed by atoms with Crippen LogP contribution in [0, 0.1) is 0 Å². The van der Waals surface area contributed by atoms with Crippen LogP contribution < -0.4 is 0 Å². The molecule has 8 heteroatoms. The van der Waals surface area contributed by atoms with Crippen molar-refractivity contribution in [3.63, 3.8) is 0 Å². The molecule has 8 nitrogen and oxygen atoms in total. The molecule has 0 unspecified atom stereocenters. The first kappa shape index (κ1) is 14.5. The topological polar surface area (TPSA) is 112 Å². The number of rotatable bonds is 3. The van der Waals surface area contributed by atoms with Crippen LogP contribution in [0.25, 0.3) is 10.4 Å². The molecule has 1 saturated heterocycles. The number of hydrogen-bond donors (Lipinski definition) is 0. The van der Waals surface area contributed by atoms with Gasteiger partial charge < -0.3 is 4.74 Å². The fourth-order valence-electron chi connectivity index (χ4n) is 2.22. The van der Waals surface area contributed by atoms with Crippen LogP contribution >= 0.6 is 0 Å². The fourth-order valence-corrected chi connectivity index (χ4v) is 2.22. The molecular formula is C13H12N4O4. The Morgan fingerprint density at radius 3 is 2.81 bits per heavy atom. The van der Waals surface area contributed by atoms with Crippen molar-refractivity contribution in [3.8, 4) is 0 Å². The molecular weight excluding hydrogens is 276 g/mol. The van der Waals surface area contributed by atoms with Crippen LogP contribution in [-0.2, 0) is 14.3 Å². The lowest BCUT2D eigenvalue weighted by Crippen LogP contribution is -2.43. The third kappa shape index (κ3) is 2.70. The molecule has 1 aromatic rings. The monoisotopic (exact) mass is 288 g/mol. The van der Waals surface area contributed by atoms with Crippen LogP contribution in [0.5, 0.6) is 0 Å². The van der Waals surface area contributed by atoms with E-state index in [9.17, 15) is 14.4 Å². The maximum atomic E-state index is 12.5. The number of hydrogen-bond acceptors (Lipinski definition) is 5. The molecule has 0 radical (unpaired) electrons. The zero-order valence-corrected chi connectivity index (χ0v) is 11.2. The SMILES string of the molecule is COC(=O)[C@@H]1CCC(=O)N1C(=O)c1ccccc1N=[N+]=[N-]. The molecule has 0 spiro atoms. The van der Waals surface area contributed by atoms with Crippen LogP contribution in [0.3, 0.4) is 0 Å². The van der Waals surface area contributed by atoms with Crippen molar-refractivity contribution < 1.29 is 19.1 Å². The first-order chi connectivity index (χ1) is 10.1. The van der Waals surface area contributed by atoms with E-state index in [0.29, 0.717) is 0 Å². The van der Waals surface area contributed by atoms with Crippen LogP contribution in [0.4, 0.5) is 5.69 Å². The number of methoxy groups -OCH3 is 1. The second-order valence-electron chi connectivity index (χ2n) is 4.35. The number of imide groups is 1. The van der Waals surface area contributed by atoms with Crippen molar-refractivity contribution >= 4 is 23.5 Å². The lowest BCUT2D eigenvalue weighted by atomic mass is 10.1. The number of likely N-dealkylation sites (tertiary alicyclic amines) is 1. The molecule has 0 bridgehead atoms. The molecule has 2 rings (SSSR count). The highest BCUT2D eigenvalue weighted by Gasteiger charge is 2.41. The highest BCUT2D eigenvalue weighted by molar-refractivity contribution is 6.10. The Morgan fingerprint density at radius 2 is 2.14 bits per heavy atom. The first-order valence-electron chi connectivity index (χ1n) is 6.18. The molecule has 0 aliphatic carbocycles. The fraction of sp³-hybridized carbons (Fsp3) is 0.308. The Labute approximate surface area is 119 Å². The number of nitrogens with zero attached hydrogens (tertiary/aromatic N) is 4. The second kappa shape index (κ2) is 6.06. The second-order valence-corrected chi connectivity index (χ2v) is 4.35. The van der Waals surface area contributed by atoms with Gasteiger partial charge in [-0.15, -0.1) is 0 Å². The van der Waals surface area contributed by atoms with Gasteiger partial charge in [-0.05, 0) is 18.0 Å². The van der Waals surface area contributed by atoms with Gasteiger partial charge in [0.2, 0.25) is 5.91 Å². The number of carbonyl (C=O) groups is 3. The van der Waals surface area contributed by atoms with E-state index in [1.54, 1.807) is 12.1 Å². The number of ether oxygens (including phenoxy) is 1. The Balaban J connectivity index is 2.40. The average Bonchev–Trinajstić information content (AvgIpc) is 2.88. The predicted molar refractivity (Wildman–Crippen MR) is 71.5 cm³/mol. The van der Waals surface area contributed by atoms with Crippen LogP contribution in [0.1, 0.15) is 23.2 Å². The van der Waals surface area contributed by atoms with Crippen molar-refractivity contribution in [2.45, 2.75) is 18.9 Å². The van der Waals surface area contributed by atoms with E-state index in [-0.39, 0.29) is 24.1 Å². The molecule has 108 valence electrons. The van der Waals surface area contributed by atoms with Crippen LogP contribution in [0.2, 0.25) is 0 Å². The van der Waals surface area contributed by atoms with Crippen molar-refractivity contribution in [2.24, 2.45) is 5.11 Å². The largest absolute Gasteiger partial charge is 0.467 e. The third-order valence-electron chi connectivity index (χ3n) is 3.19. The van der Waals surface area contributed by atoms with Crippen LogP contribution in [-0.4, -0.2) is 35.8 Å².